The lowest BCUT2D eigenvalue weighted by Gasteiger charge is -2.31. The molecule has 3 heterocycles. The minimum Gasteiger partial charge on any atom is -0.450 e. The topological polar surface area (TPSA) is 67.3 Å². The van der Waals surface area contributed by atoms with Gasteiger partial charge in [-0.1, -0.05) is 0 Å². The van der Waals surface area contributed by atoms with Crippen LogP contribution in [0.2, 0.25) is 0 Å². The Morgan fingerprint density at radius 2 is 2.26 bits per heavy atom. The third kappa shape index (κ3) is 3.98. The van der Waals surface area contributed by atoms with Crippen LogP contribution < -0.4 is 5.32 Å². The second kappa shape index (κ2) is 7.41. The lowest BCUT2D eigenvalue weighted by atomic mass is 10.1. The fraction of sp³-hybridized carbons (Fsp3) is 0.438. The standard InChI is InChI=1S/C16H20N4O2S/c1-2-22-16(21)20-6-3-13(4-7-20)19-15-9-14(17-11-18-15)12-5-8-23-10-12/h5,8-11,13H,2-4,6-7H2,1H3,(H,17,18,19). The van der Waals surface area contributed by atoms with Crippen molar-refractivity contribution in [3.05, 3.63) is 29.2 Å². The molecule has 2 aromatic rings. The predicted molar refractivity (Wildman–Crippen MR) is 90.6 cm³/mol. The highest BCUT2D eigenvalue weighted by Crippen LogP contribution is 2.22. The van der Waals surface area contributed by atoms with Crippen molar-refractivity contribution in [1.29, 1.82) is 0 Å². The Balaban J connectivity index is 1.57. The minimum atomic E-state index is -0.215. The maximum atomic E-state index is 11.7. The molecule has 6 nitrogen and oxygen atoms in total. The van der Waals surface area contributed by atoms with Crippen LogP contribution in [0.4, 0.5) is 10.6 Å². The number of ether oxygens (including phenoxy) is 1. The number of anilines is 1. The van der Waals surface area contributed by atoms with Crippen molar-refractivity contribution in [2.24, 2.45) is 0 Å². The molecule has 0 saturated carbocycles. The molecule has 0 radical (unpaired) electrons. The maximum absolute atomic E-state index is 11.7. The zero-order chi connectivity index (χ0) is 16.1. The molecular formula is C16H20N4O2S. The summed E-state index contributed by atoms with van der Waals surface area (Å²) in [6.07, 6.45) is 3.14. The summed E-state index contributed by atoms with van der Waals surface area (Å²) in [5, 5.41) is 7.56. The van der Waals surface area contributed by atoms with E-state index < -0.39 is 0 Å². The normalized spacial score (nSPS) is 15.4. The van der Waals surface area contributed by atoms with Crippen molar-refractivity contribution in [3.63, 3.8) is 0 Å². The number of nitrogens with zero attached hydrogens (tertiary/aromatic N) is 3. The molecule has 3 rings (SSSR count). The van der Waals surface area contributed by atoms with Gasteiger partial charge in [0.25, 0.3) is 0 Å². The molecule has 0 bridgehead atoms. The first-order valence-corrected chi connectivity index (χ1v) is 8.73. The summed E-state index contributed by atoms with van der Waals surface area (Å²) < 4.78 is 5.04. The van der Waals surface area contributed by atoms with Gasteiger partial charge in [-0.3, -0.25) is 0 Å². The Bertz CT molecular complexity index is 639. The molecule has 1 N–H and O–H groups in total. The monoisotopic (exact) mass is 332 g/mol. The smallest absolute Gasteiger partial charge is 0.409 e. The van der Waals surface area contributed by atoms with E-state index in [0.717, 1.165) is 29.9 Å². The number of rotatable bonds is 4. The van der Waals surface area contributed by atoms with Gasteiger partial charge < -0.3 is 15.0 Å². The van der Waals surface area contributed by atoms with E-state index in [4.69, 9.17) is 4.74 Å². The van der Waals surface area contributed by atoms with E-state index in [1.54, 1.807) is 22.6 Å². The summed E-state index contributed by atoms with van der Waals surface area (Å²) in [5.74, 6) is 0.829. The molecule has 1 saturated heterocycles. The average molecular weight is 332 g/mol. The summed E-state index contributed by atoms with van der Waals surface area (Å²) in [4.78, 5) is 22.1. The first-order chi connectivity index (χ1) is 11.3. The molecule has 0 unspecified atom stereocenters. The van der Waals surface area contributed by atoms with Crippen LogP contribution in [0.1, 0.15) is 19.8 Å². The van der Waals surface area contributed by atoms with E-state index in [0.29, 0.717) is 25.7 Å². The minimum absolute atomic E-state index is 0.215. The van der Waals surface area contributed by atoms with Crippen molar-refractivity contribution in [2.45, 2.75) is 25.8 Å². The number of thiophene rings is 1. The lowest BCUT2D eigenvalue weighted by molar-refractivity contribution is 0.0983. The van der Waals surface area contributed by atoms with Crippen LogP contribution in [-0.2, 0) is 4.74 Å². The fourth-order valence-corrected chi connectivity index (χ4v) is 3.28. The number of amides is 1. The highest BCUT2D eigenvalue weighted by atomic mass is 32.1. The molecule has 1 amide bonds. The molecule has 0 atom stereocenters. The number of carbonyl (C=O) groups is 1. The Morgan fingerprint density at radius 1 is 1.43 bits per heavy atom. The van der Waals surface area contributed by atoms with Crippen LogP contribution in [-0.4, -0.2) is 46.7 Å². The number of hydrogen-bond donors (Lipinski definition) is 1. The van der Waals surface area contributed by atoms with E-state index in [-0.39, 0.29) is 6.09 Å². The lowest BCUT2D eigenvalue weighted by Crippen LogP contribution is -2.42. The van der Waals surface area contributed by atoms with Crippen molar-refractivity contribution in [1.82, 2.24) is 14.9 Å². The van der Waals surface area contributed by atoms with Gasteiger partial charge >= 0.3 is 6.09 Å². The highest BCUT2D eigenvalue weighted by Gasteiger charge is 2.23. The average Bonchev–Trinajstić information content (AvgIpc) is 3.11. The summed E-state index contributed by atoms with van der Waals surface area (Å²) >= 11 is 1.65. The van der Waals surface area contributed by atoms with Gasteiger partial charge in [-0.05, 0) is 31.2 Å². The van der Waals surface area contributed by atoms with Gasteiger partial charge in [0.1, 0.15) is 12.1 Å². The van der Waals surface area contributed by atoms with Crippen LogP contribution in [0.5, 0.6) is 0 Å². The SMILES string of the molecule is CCOC(=O)N1CCC(Nc2cc(-c3ccsc3)ncn2)CC1. The first kappa shape index (κ1) is 15.7. The van der Waals surface area contributed by atoms with Crippen LogP contribution in [0, 0.1) is 0 Å². The molecule has 1 aliphatic rings. The van der Waals surface area contributed by atoms with Gasteiger partial charge in [-0.25, -0.2) is 14.8 Å². The molecule has 0 aromatic carbocycles. The number of piperidine rings is 1. The van der Waals surface area contributed by atoms with Gasteiger partial charge in [0.2, 0.25) is 0 Å². The number of carbonyl (C=O) groups excluding carboxylic acids is 1. The van der Waals surface area contributed by atoms with Crippen LogP contribution in [0.15, 0.2) is 29.2 Å². The molecule has 1 fully saturated rings. The Morgan fingerprint density at radius 3 is 2.96 bits per heavy atom. The van der Waals surface area contributed by atoms with Gasteiger partial charge in [-0.2, -0.15) is 11.3 Å². The van der Waals surface area contributed by atoms with E-state index in [1.807, 2.05) is 18.4 Å². The Labute approximate surface area is 139 Å². The zero-order valence-electron chi connectivity index (χ0n) is 13.1. The highest BCUT2D eigenvalue weighted by molar-refractivity contribution is 7.08. The molecule has 0 spiro atoms. The van der Waals surface area contributed by atoms with Crippen molar-refractivity contribution >= 4 is 23.2 Å². The zero-order valence-corrected chi connectivity index (χ0v) is 13.9. The Kier molecular flexibility index (Phi) is 5.07. The number of aromatic nitrogens is 2. The third-order valence-electron chi connectivity index (χ3n) is 3.86. The molecule has 2 aromatic heterocycles. The van der Waals surface area contributed by atoms with Crippen LogP contribution in [0.25, 0.3) is 11.3 Å². The van der Waals surface area contributed by atoms with Crippen LogP contribution >= 0.6 is 11.3 Å². The van der Waals surface area contributed by atoms with Gasteiger partial charge in [-0.15, -0.1) is 0 Å². The second-order valence-electron chi connectivity index (χ2n) is 5.41. The summed E-state index contributed by atoms with van der Waals surface area (Å²) in [6.45, 7) is 3.66. The van der Waals surface area contributed by atoms with E-state index in [2.05, 4.69) is 26.7 Å². The summed E-state index contributed by atoms with van der Waals surface area (Å²) in [7, 11) is 0. The third-order valence-corrected chi connectivity index (χ3v) is 4.54. The van der Waals surface area contributed by atoms with Gasteiger partial charge in [0, 0.05) is 36.1 Å². The molecule has 122 valence electrons. The molecule has 0 aliphatic carbocycles. The van der Waals surface area contributed by atoms with Crippen LogP contribution in [0.3, 0.4) is 0 Å². The number of likely N-dealkylation sites (tertiary alicyclic amines) is 1. The largest absolute Gasteiger partial charge is 0.450 e. The van der Waals surface area contributed by atoms with Gasteiger partial charge in [0.15, 0.2) is 0 Å². The van der Waals surface area contributed by atoms with Crippen molar-refractivity contribution in [3.8, 4) is 11.3 Å². The molecule has 1 aliphatic heterocycles. The molecule has 7 heteroatoms. The molecule has 23 heavy (non-hydrogen) atoms. The van der Waals surface area contributed by atoms with E-state index in [9.17, 15) is 4.79 Å². The number of hydrogen-bond acceptors (Lipinski definition) is 6. The van der Waals surface area contributed by atoms with Gasteiger partial charge in [0.05, 0.1) is 12.3 Å². The quantitative estimate of drug-likeness (QED) is 0.931. The van der Waals surface area contributed by atoms with E-state index >= 15 is 0 Å². The molecular weight excluding hydrogens is 312 g/mol. The Hall–Kier alpha value is -2.15. The van der Waals surface area contributed by atoms with Crippen molar-refractivity contribution in [2.75, 3.05) is 25.0 Å². The summed E-state index contributed by atoms with van der Waals surface area (Å²) in [6, 6.07) is 4.33. The van der Waals surface area contributed by atoms with Crippen molar-refractivity contribution < 1.29 is 9.53 Å². The maximum Gasteiger partial charge on any atom is 0.409 e. The fourth-order valence-electron chi connectivity index (χ4n) is 2.63. The second-order valence-corrected chi connectivity index (χ2v) is 6.19. The summed E-state index contributed by atoms with van der Waals surface area (Å²) in [5.41, 5.74) is 2.03. The number of nitrogens with one attached hydrogen (secondary N) is 1. The first-order valence-electron chi connectivity index (χ1n) is 7.79. The predicted octanol–water partition coefficient (Wildman–Crippen LogP) is 3.24. The van der Waals surface area contributed by atoms with E-state index in [1.165, 1.54) is 0 Å².